The lowest BCUT2D eigenvalue weighted by Crippen LogP contribution is -2.01. The monoisotopic (exact) mass is 278 g/mol. The summed E-state index contributed by atoms with van der Waals surface area (Å²) in [5.41, 5.74) is 0.844. The summed E-state index contributed by atoms with van der Waals surface area (Å²) in [5, 5.41) is 11.7. The molecular formula is C12H8ClFN4O. The Balaban J connectivity index is 2.34. The van der Waals surface area contributed by atoms with Gasteiger partial charge >= 0.3 is 0 Å². The van der Waals surface area contributed by atoms with Gasteiger partial charge in [0.25, 0.3) is 5.88 Å². The zero-order valence-corrected chi connectivity index (χ0v) is 10.6. The zero-order chi connectivity index (χ0) is 13.8. The number of methoxy groups -OCH3 is 1. The molecule has 0 aliphatic rings. The van der Waals surface area contributed by atoms with Gasteiger partial charge in [-0.15, -0.1) is 0 Å². The molecule has 96 valence electrons. The first kappa shape index (κ1) is 13.1. The highest BCUT2D eigenvalue weighted by Gasteiger charge is 2.12. The number of nitrogens with one attached hydrogen (secondary N) is 1. The number of ether oxygens (including phenoxy) is 1. The van der Waals surface area contributed by atoms with Gasteiger partial charge in [0, 0.05) is 0 Å². The molecule has 0 spiro atoms. The van der Waals surface area contributed by atoms with Gasteiger partial charge in [0.1, 0.15) is 6.33 Å². The Morgan fingerprint density at radius 2 is 2.21 bits per heavy atom. The van der Waals surface area contributed by atoms with E-state index in [-0.39, 0.29) is 16.7 Å². The second kappa shape index (κ2) is 5.50. The third-order valence-corrected chi connectivity index (χ3v) is 2.61. The van der Waals surface area contributed by atoms with Gasteiger partial charge in [-0.3, -0.25) is 0 Å². The molecule has 0 radical (unpaired) electrons. The fraction of sp³-hybridized carbons (Fsp3) is 0.0833. The lowest BCUT2D eigenvalue weighted by molar-refractivity contribution is 0.368. The number of hydrogen-bond donors (Lipinski definition) is 1. The molecule has 0 saturated heterocycles. The molecule has 0 bridgehead atoms. The van der Waals surface area contributed by atoms with E-state index in [1.807, 2.05) is 6.07 Å². The number of hydrogen-bond acceptors (Lipinski definition) is 5. The smallest absolute Gasteiger partial charge is 0.255 e. The Hall–Kier alpha value is -2.39. The van der Waals surface area contributed by atoms with Crippen molar-refractivity contribution in [1.29, 1.82) is 5.26 Å². The van der Waals surface area contributed by atoms with Gasteiger partial charge in [0.05, 0.1) is 29.5 Å². The Kier molecular flexibility index (Phi) is 3.78. The van der Waals surface area contributed by atoms with Crippen LogP contribution in [-0.2, 0) is 0 Å². The second-order valence-corrected chi connectivity index (χ2v) is 3.88. The van der Waals surface area contributed by atoms with Crippen LogP contribution in [0, 0.1) is 17.1 Å². The van der Waals surface area contributed by atoms with E-state index in [2.05, 4.69) is 15.3 Å². The number of aromatic nitrogens is 2. The molecule has 0 unspecified atom stereocenters. The average molecular weight is 279 g/mol. The normalized spacial score (nSPS) is 9.79. The van der Waals surface area contributed by atoms with Crippen LogP contribution in [0.4, 0.5) is 15.9 Å². The molecule has 1 aromatic heterocycles. The van der Waals surface area contributed by atoms with Crippen LogP contribution in [0.2, 0.25) is 5.02 Å². The van der Waals surface area contributed by atoms with Crippen molar-refractivity contribution in [2.45, 2.75) is 0 Å². The van der Waals surface area contributed by atoms with E-state index >= 15 is 0 Å². The molecule has 1 heterocycles. The first-order chi connectivity index (χ1) is 9.15. The molecule has 5 nitrogen and oxygen atoms in total. The maximum Gasteiger partial charge on any atom is 0.255 e. The minimum Gasteiger partial charge on any atom is -0.479 e. The van der Waals surface area contributed by atoms with Crippen LogP contribution in [0.25, 0.3) is 0 Å². The topological polar surface area (TPSA) is 70.8 Å². The van der Waals surface area contributed by atoms with Gasteiger partial charge in [0.2, 0.25) is 5.82 Å². The molecular weight excluding hydrogens is 271 g/mol. The van der Waals surface area contributed by atoms with Crippen molar-refractivity contribution in [2.24, 2.45) is 0 Å². The molecule has 0 amide bonds. The fourth-order valence-corrected chi connectivity index (χ4v) is 1.62. The van der Waals surface area contributed by atoms with Crippen molar-refractivity contribution < 1.29 is 9.13 Å². The number of nitrogens with zero attached hydrogens (tertiary/aromatic N) is 3. The molecule has 0 saturated carbocycles. The van der Waals surface area contributed by atoms with Gasteiger partial charge in [-0.05, 0) is 18.2 Å². The van der Waals surface area contributed by atoms with Crippen LogP contribution in [0.1, 0.15) is 5.56 Å². The first-order valence-corrected chi connectivity index (χ1v) is 5.54. The maximum atomic E-state index is 13.8. The summed E-state index contributed by atoms with van der Waals surface area (Å²) in [6, 6.07) is 6.55. The summed E-state index contributed by atoms with van der Waals surface area (Å²) in [4.78, 5) is 7.39. The molecule has 0 atom stereocenters. The number of halogens is 2. The van der Waals surface area contributed by atoms with Crippen LogP contribution >= 0.6 is 11.6 Å². The van der Waals surface area contributed by atoms with Crippen LogP contribution in [0.3, 0.4) is 0 Å². The molecule has 7 heteroatoms. The molecule has 2 rings (SSSR count). The number of rotatable bonds is 3. The van der Waals surface area contributed by atoms with Crippen LogP contribution in [0.5, 0.6) is 5.88 Å². The minimum absolute atomic E-state index is 0.0570. The average Bonchev–Trinajstić information content (AvgIpc) is 2.43. The Morgan fingerprint density at radius 1 is 1.42 bits per heavy atom. The van der Waals surface area contributed by atoms with E-state index in [9.17, 15) is 4.39 Å². The molecule has 2 aromatic rings. The van der Waals surface area contributed by atoms with E-state index in [0.717, 1.165) is 0 Å². The van der Waals surface area contributed by atoms with Crippen molar-refractivity contribution >= 4 is 23.1 Å². The molecule has 19 heavy (non-hydrogen) atoms. The van der Waals surface area contributed by atoms with Crippen molar-refractivity contribution in [2.75, 3.05) is 12.4 Å². The summed E-state index contributed by atoms with van der Waals surface area (Å²) in [5.74, 6) is -0.939. The molecule has 1 aromatic carbocycles. The summed E-state index contributed by atoms with van der Waals surface area (Å²) >= 11 is 5.97. The number of benzene rings is 1. The number of nitriles is 1. The predicted molar refractivity (Wildman–Crippen MR) is 68.0 cm³/mol. The highest BCUT2D eigenvalue weighted by Crippen LogP contribution is 2.28. The summed E-state index contributed by atoms with van der Waals surface area (Å²) in [7, 11) is 1.31. The van der Waals surface area contributed by atoms with Crippen molar-refractivity contribution in [3.05, 3.63) is 40.9 Å². The van der Waals surface area contributed by atoms with E-state index in [0.29, 0.717) is 11.3 Å². The lowest BCUT2D eigenvalue weighted by Gasteiger charge is -2.09. The summed E-state index contributed by atoms with van der Waals surface area (Å²) in [6.07, 6.45) is 1.17. The Bertz CT molecular complexity index is 657. The number of anilines is 2. The fourth-order valence-electron chi connectivity index (χ4n) is 1.40. The quantitative estimate of drug-likeness (QED) is 0.935. The maximum absolute atomic E-state index is 13.8. The largest absolute Gasteiger partial charge is 0.479 e. The molecule has 0 aliphatic heterocycles. The molecule has 0 aliphatic carbocycles. The van der Waals surface area contributed by atoms with Gasteiger partial charge in [-0.2, -0.15) is 14.6 Å². The second-order valence-electron chi connectivity index (χ2n) is 3.48. The van der Waals surface area contributed by atoms with E-state index < -0.39 is 5.82 Å². The van der Waals surface area contributed by atoms with Crippen LogP contribution < -0.4 is 10.1 Å². The van der Waals surface area contributed by atoms with E-state index in [1.54, 1.807) is 12.1 Å². The third kappa shape index (κ3) is 2.72. The highest BCUT2D eigenvalue weighted by atomic mass is 35.5. The van der Waals surface area contributed by atoms with Crippen molar-refractivity contribution in [3.63, 3.8) is 0 Å². The zero-order valence-electron chi connectivity index (χ0n) is 9.82. The molecule has 0 fully saturated rings. The Labute approximate surface area is 113 Å². The first-order valence-electron chi connectivity index (χ1n) is 5.17. The standard InChI is InChI=1S/C12H8ClFN4O/c1-19-12-10(14)11(16-6-17-12)18-9-3-2-7(5-15)4-8(9)13/h2-4,6H,1H3,(H,16,17,18). The van der Waals surface area contributed by atoms with Gasteiger partial charge in [-0.1, -0.05) is 11.6 Å². The molecule has 1 N–H and O–H groups in total. The summed E-state index contributed by atoms with van der Waals surface area (Å²) < 4.78 is 18.6. The minimum atomic E-state index is -0.717. The van der Waals surface area contributed by atoms with Crippen LogP contribution in [0.15, 0.2) is 24.5 Å². The summed E-state index contributed by atoms with van der Waals surface area (Å²) in [6.45, 7) is 0. The van der Waals surface area contributed by atoms with Crippen molar-refractivity contribution in [3.8, 4) is 11.9 Å². The highest BCUT2D eigenvalue weighted by molar-refractivity contribution is 6.33. The Morgan fingerprint density at radius 3 is 2.84 bits per heavy atom. The van der Waals surface area contributed by atoms with Gasteiger partial charge in [0.15, 0.2) is 5.82 Å². The lowest BCUT2D eigenvalue weighted by atomic mass is 10.2. The van der Waals surface area contributed by atoms with Crippen LogP contribution in [-0.4, -0.2) is 17.1 Å². The van der Waals surface area contributed by atoms with Crippen molar-refractivity contribution in [1.82, 2.24) is 9.97 Å². The van der Waals surface area contributed by atoms with Gasteiger partial charge < -0.3 is 10.1 Å². The SMILES string of the molecule is COc1ncnc(Nc2ccc(C#N)cc2Cl)c1F. The van der Waals surface area contributed by atoms with E-state index in [1.165, 1.54) is 19.5 Å². The predicted octanol–water partition coefficient (Wildman–Crippen LogP) is 2.89. The van der Waals surface area contributed by atoms with E-state index in [4.69, 9.17) is 21.6 Å². The van der Waals surface area contributed by atoms with Gasteiger partial charge in [-0.25, -0.2) is 4.98 Å². The third-order valence-electron chi connectivity index (χ3n) is 2.30.